The summed E-state index contributed by atoms with van der Waals surface area (Å²) in [6.45, 7) is 2.62. The lowest BCUT2D eigenvalue weighted by molar-refractivity contribution is -0.152. The number of β-amino-alcohol motifs (C(OH)–C–C–N with tert-alkyl or cyclic N) is 1. The highest BCUT2D eigenvalue weighted by Crippen LogP contribution is 2.08. The second-order valence-electron chi connectivity index (χ2n) is 3.55. The first-order chi connectivity index (χ1) is 6.63. The van der Waals surface area contributed by atoms with Gasteiger partial charge in [0, 0.05) is 20.1 Å². The Kier molecular flexibility index (Phi) is 4.31. The van der Waals surface area contributed by atoms with Crippen LogP contribution >= 0.6 is 0 Å². The number of nitrogens with one attached hydrogen (secondary N) is 1. The first-order valence-electron chi connectivity index (χ1n) is 4.74. The molecule has 1 aliphatic heterocycles. The summed E-state index contributed by atoms with van der Waals surface area (Å²) < 4.78 is 9.93. The molecule has 0 bridgehead atoms. The number of aliphatic hydroxyl groups is 1. The highest BCUT2D eigenvalue weighted by molar-refractivity contribution is 5.76. The molecule has 1 unspecified atom stereocenters. The zero-order chi connectivity index (χ0) is 10.6. The predicted octanol–water partition coefficient (Wildman–Crippen LogP) is -0.713. The van der Waals surface area contributed by atoms with Crippen LogP contribution in [-0.2, 0) is 14.3 Å². The zero-order valence-corrected chi connectivity index (χ0v) is 8.53. The molecule has 3 atom stereocenters. The molecule has 2 N–H and O–H groups in total. The van der Waals surface area contributed by atoms with Crippen molar-refractivity contribution in [3.05, 3.63) is 0 Å². The highest BCUT2D eigenvalue weighted by atomic mass is 16.6. The van der Waals surface area contributed by atoms with Gasteiger partial charge in [-0.05, 0) is 6.92 Å². The average molecular weight is 203 g/mol. The number of hydrogen-bond acceptors (Lipinski definition) is 5. The summed E-state index contributed by atoms with van der Waals surface area (Å²) in [6.07, 6.45) is -0.254. The summed E-state index contributed by atoms with van der Waals surface area (Å²) in [5.41, 5.74) is 0. The Morgan fingerprint density at radius 1 is 1.71 bits per heavy atom. The van der Waals surface area contributed by atoms with Crippen molar-refractivity contribution in [1.82, 2.24) is 5.32 Å². The minimum absolute atomic E-state index is 0.243. The maximum atomic E-state index is 11.4. The Balaban J connectivity index is 2.27. The highest BCUT2D eigenvalue weighted by Gasteiger charge is 2.30. The molecule has 0 aliphatic carbocycles. The van der Waals surface area contributed by atoms with Crippen LogP contribution in [0.15, 0.2) is 0 Å². The van der Waals surface area contributed by atoms with Gasteiger partial charge in [-0.2, -0.15) is 0 Å². The van der Waals surface area contributed by atoms with E-state index in [0.717, 1.165) is 0 Å². The van der Waals surface area contributed by atoms with Crippen LogP contribution in [0.1, 0.15) is 13.3 Å². The van der Waals surface area contributed by atoms with E-state index < -0.39 is 6.10 Å². The van der Waals surface area contributed by atoms with E-state index in [-0.39, 0.29) is 18.1 Å². The van der Waals surface area contributed by atoms with Crippen molar-refractivity contribution < 1.29 is 19.4 Å². The molecule has 1 heterocycles. The lowest BCUT2D eigenvalue weighted by atomic mass is 10.2. The van der Waals surface area contributed by atoms with Crippen LogP contribution in [0.2, 0.25) is 0 Å². The van der Waals surface area contributed by atoms with E-state index in [2.05, 4.69) is 5.32 Å². The Bertz CT molecular complexity index is 197. The third kappa shape index (κ3) is 3.25. The Labute approximate surface area is 83.4 Å². The third-order valence-electron chi connectivity index (χ3n) is 2.11. The molecule has 1 aliphatic rings. The van der Waals surface area contributed by atoms with Crippen LogP contribution in [0.4, 0.5) is 0 Å². The molecule has 0 aromatic carbocycles. The van der Waals surface area contributed by atoms with E-state index in [0.29, 0.717) is 19.6 Å². The minimum Gasteiger partial charge on any atom is -0.459 e. The third-order valence-corrected chi connectivity index (χ3v) is 2.11. The predicted molar refractivity (Wildman–Crippen MR) is 49.8 cm³/mol. The van der Waals surface area contributed by atoms with Crippen LogP contribution in [0.25, 0.3) is 0 Å². The van der Waals surface area contributed by atoms with Crippen LogP contribution in [0, 0.1) is 0 Å². The lowest BCUT2D eigenvalue weighted by Crippen LogP contribution is -2.35. The number of methoxy groups -OCH3 is 1. The Hall–Kier alpha value is -0.650. The van der Waals surface area contributed by atoms with Crippen molar-refractivity contribution in [3.8, 4) is 0 Å². The quantitative estimate of drug-likeness (QED) is 0.591. The molecule has 1 saturated heterocycles. The normalized spacial score (nSPS) is 28.8. The number of rotatable bonds is 4. The van der Waals surface area contributed by atoms with Gasteiger partial charge in [-0.25, -0.2) is 0 Å². The van der Waals surface area contributed by atoms with Gasteiger partial charge >= 0.3 is 5.97 Å². The molecule has 14 heavy (non-hydrogen) atoms. The second-order valence-corrected chi connectivity index (χ2v) is 3.55. The molecule has 1 rings (SSSR count). The first kappa shape index (κ1) is 11.4. The van der Waals surface area contributed by atoms with Gasteiger partial charge in [-0.15, -0.1) is 0 Å². The Morgan fingerprint density at radius 2 is 2.43 bits per heavy atom. The van der Waals surface area contributed by atoms with Gasteiger partial charge in [0.2, 0.25) is 0 Å². The van der Waals surface area contributed by atoms with Crippen molar-refractivity contribution in [3.63, 3.8) is 0 Å². The summed E-state index contributed by atoms with van der Waals surface area (Å²) in [7, 11) is 1.56. The smallest absolute Gasteiger partial charge is 0.323 e. The summed E-state index contributed by atoms with van der Waals surface area (Å²) in [5, 5.41) is 12.1. The monoisotopic (exact) mass is 203 g/mol. The summed E-state index contributed by atoms with van der Waals surface area (Å²) >= 11 is 0. The van der Waals surface area contributed by atoms with E-state index in [1.807, 2.05) is 0 Å². The van der Waals surface area contributed by atoms with Gasteiger partial charge in [0.15, 0.2) is 0 Å². The number of hydrogen-bond donors (Lipinski definition) is 2. The number of ether oxygens (including phenoxy) is 2. The van der Waals surface area contributed by atoms with Crippen LogP contribution in [0.3, 0.4) is 0 Å². The topological polar surface area (TPSA) is 67.8 Å². The zero-order valence-electron chi connectivity index (χ0n) is 8.53. The van der Waals surface area contributed by atoms with E-state index in [1.54, 1.807) is 14.0 Å². The molecular weight excluding hydrogens is 186 g/mol. The van der Waals surface area contributed by atoms with Gasteiger partial charge in [-0.1, -0.05) is 0 Å². The fourth-order valence-electron chi connectivity index (χ4n) is 1.45. The molecule has 82 valence electrons. The van der Waals surface area contributed by atoms with Crippen molar-refractivity contribution >= 4 is 5.97 Å². The molecule has 0 amide bonds. The SMILES string of the molecule is COCC(C)OC(=O)[C@@H]1C[C@@H](O)CN1. The summed E-state index contributed by atoms with van der Waals surface area (Å²) in [5.74, 6) is -0.314. The van der Waals surface area contributed by atoms with Gasteiger partial charge in [0.1, 0.15) is 12.1 Å². The van der Waals surface area contributed by atoms with Gasteiger partial charge in [0.25, 0.3) is 0 Å². The largest absolute Gasteiger partial charge is 0.459 e. The van der Waals surface area contributed by atoms with Gasteiger partial charge in [0.05, 0.1) is 12.7 Å². The summed E-state index contributed by atoms with van der Waals surface area (Å²) in [4.78, 5) is 11.4. The van der Waals surface area contributed by atoms with Crippen LogP contribution in [-0.4, -0.2) is 49.6 Å². The molecule has 0 aromatic heterocycles. The van der Waals surface area contributed by atoms with E-state index >= 15 is 0 Å². The number of aliphatic hydroxyl groups excluding tert-OH is 1. The fraction of sp³-hybridized carbons (Fsp3) is 0.889. The maximum Gasteiger partial charge on any atom is 0.323 e. The molecule has 0 radical (unpaired) electrons. The van der Waals surface area contributed by atoms with Gasteiger partial charge < -0.3 is 19.9 Å². The molecule has 0 aromatic rings. The van der Waals surface area contributed by atoms with Crippen LogP contribution in [0.5, 0.6) is 0 Å². The Morgan fingerprint density at radius 3 is 2.93 bits per heavy atom. The lowest BCUT2D eigenvalue weighted by Gasteiger charge is -2.15. The van der Waals surface area contributed by atoms with E-state index in [9.17, 15) is 9.90 Å². The number of carbonyl (C=O) groups excluding carboxylic acids is 1. The molecule has 5 heteroatoms. The molecule has 0 spiro atoms. The first-order valence-corrected chi connectivity index (χ1v) is 4.74. The van der Waals surface area contributed by atoms with E-state index in [1.165, 1.54) is 0 Å². The maximum absolute atomic E-state index is 11.4. The molecule has 1 fully saturated rings. The van der Waals surface area contributed by atoms with Crippen molar-refractivity contribution in [2.24, 2.45) is 0 Å². The fourth-order valence-corrected chi connectivity index (χ4v) is 1.45. The average Bonchev–Trinajstić information content (AvgIpc) is 2.52. The van der Waals surface area contributed by atoms with Crippen LogP contribution < -0.4 is 5.32 Å². The van der Waals surface area contributed by atoms with Crippen molar-refractivity contribution in [2.75, 3.05) is 20.3 Å². The molecule has 5 nitrogen and oxygen atoms in total. The molecular formula is C9H17NO4. The summed E-state index contributed by atoms with van der Waals surface area (Å²) in [6, 6.07) is -0.371. The van der Waals surface area contributed by atoms with Crippen molar-refractivity contribution in [2.45, 2.75) is 31.6 Å². The number of carbonyl (C=O) groups is 1. The number of esters is 1. The van der Waals surface area contributed by atoms with E-state index in [4.69, 9.17) is 9.47 Å². The minimum atomic E-state index is -0.440. The van der Waals surface area contributed by atoms with Gasteiger partial charge in [-0.3, -0.25) is 4.79 Å². The van der Waals surface area contributed by atoms with Crippen molar-refractivity contribution in [1.29, 1.82) is 0 Å². The second kappa shape index (κ2) is 5.29. The molecule has 0 saturated carbocycles. The standard InChI is InChI=1S/C9H17NO4/c1-6(5-13-2)14-9(12)8-3-7(11)4-10-8/h6-8,10-11H,3-5H2,1-2H3/t6?,7-,8+/m1/s1.